The maximum atomic E-state index is 11.3. The van der Waals surface area contributed by atoms with Crippen molar-refractivity contribution in [1.29, 1.82) is 0 Å². The highest BCUT2D eigenvalue weighted by Gasteiger charge is 2.14. The minimum atomic E-state index is -0.518. The molecular weight excluding hydrogens is 234 g/mol. The Hall–Kier alpha value is -2.43. The van der Waals surface area contributed by atoms with Gasteiger partial charge in [-0.25, -0.2) is 4.79 Å². The van der Waals surface area contributed by atoms with Crippen molar-refractivity contribution in [2.75, 3.05) is 20.0 Å². The van der Waals surface area contributed by atoms with Crippen LogP contribution in [0.5, 0.6) is 5.75 Å². The molecule has 94 valence electrons. The first kappa shape index (κ1) is 12.0. The highest BCUT2D eigenvalue weighted by molar-refractivity contribution is 5.87. The molecule has 5 nitrogen and oxygen atoms in total. The van der Waals surface area contributed by atoms with E-state index in [9.17, 15) is 4.79 Å². The SMILES string of the molecule is COC(=O)c1ccc(-c2ccc(N)cc2OC)o1. The first-order valence-electron chi connectivity index (χ1n) is 5.27. The molecule has 18 heavy (non-hydrogen) atoms. The summed E-state index contributed by atoms with van der Waals surface area (Å²) < 4.78 is 15.2. The zero-order chi connectivity index (χ0) is 13.1. The number of anilines is 1. The third-order valence-electron chi connectivity index (χ3n) is 2.48. The Morgan fingerprint density at radius 2 is 2.00 bits per heavy atom. The largest absolute Gasteiger partial charge is 0.496 e. The molecule has 0 fully saturated rings. The van der Waals surface area contributed by atoms with Gasteiger partial charge in [0.05, 0.1) is 19.8 Å². The van der Waals surface area contributed by atoms with Gasteiger partial charge < -0.3 is 19.6 Å². The Balaban J connectivity index is 2.42. The quantitative estimate of drug-likeness (QED) is 0.665. The van der Waals surface area contributed by atoms with Gasteiger partial charge >= 0.3 is 5.97 Å². The highest BCUT2D eigenvalue weighted by Crippen LogP contribution is 2.32. The van der Waals surface area contributed by atoms with E-state index in [0.29, 0.717) is 17.2 Å². The number of esters is 1. The average Bonchev–Trinajstić information content (AvgIpc) is 2.87. The zero-order valence-corrected chi connectivity index (χ0v) is 10.1. The van der Waals surface area contributed by atoms with Crippen molar-refractivity contribution >= 4 is 11.7 Å². The van der Waals surface area contributed by atoms with Gasteiger partial charge in [0.15, 0.2) is 0 Å². The lowest BCUT2D eigenvalue weighted by atomic mass is 10.1. The molecule has 0 aliphatic rings. The first-order valence-corrected chi connectivity index (χ1v) is 5.27. The maximum Gasteiger partial charge on any atom is 0.373 e. The third kappa shape index (κ3) is 2.15. The summed E-state index contributed by atoms with van der Waals surface area (Å²) >= 11 is 0. The number of hydrogen-bond acceptors (Lipinski definition) is 5. The van der Waals surface area contributed by atoms with Gasteiger partial charge in [0.2, 0.25) is 5.76 Å². The Kier molecular flexibility index (Phi) is 3.23. The van der Waals surface area contributed by atoms with Crippen LogP contribution < -0.4 is 10.5 Å². The summed E-state index contributed by atoms with van der Waals surface area (Å²) in [5.74, 6) is 0.732. The molecule has 0 radical (unpaired) electrons. The highest BCUT2D eigenvalue weighted by atomic mass is 16.5. The molecule has 0 atom stereocenters. The minimum Gasteiger partial charge on any atom is -0.496 e. The summed E-state index contributed by atoms with van der Waals surface area (Å²) in [5.41, 5.74) is 6.99. The maximum absolute atomic E-state index is 11.3. The lowest BCUT2D eigenvalue weighted by Gasteiger charge is -2.06. The molecule has 1 aromatic heterocycles. The van der Waals surface area contributed by atoms with Crippen molar-refractivity contribution in [2.24, 2.45) is 0 Å². The van der Waals surface area contributed by atoms with E-state index in [-0.39, 0.29) is 5.76 Å². The molecule has 0 aliphatic carbocycles. The molecule has 0 aliphatic heterocycles. The number of carbonyl (C=O) groups is 1. The van der Waals surface area contributed by atoms with Crippen molar-refractivity contribution in [3.05, 3.63) is 36.1 Å². The first-order chi connectivity index (χ1) is 8.65. The average molecular weight is 247 g/mol. The Bertz CT molecular complexity index is 574. The number of benzene rings is 1. The number of methoxy groups -OCH3 is 2. The van der Waals surface area contributed by atoms with Gasteiger partial charge in [0, 0.05) is 11.8 Å². The number of nitrogen functional groups attached to an aromatic ring is 1. The van der Waals surface area contributed by atoms with Gasteiger partial charge in [0.1, 0.15) is 11.5 Å². The number of ether oxygens (including phenoxy) is 2. The molecule has 0 spiro atoms. The molecule has 0 amide bonds. The topological polar surface area (TPSA) is 74.7 Å². The predicted octanol–water partition coefficient (Wildman–Crippen LogP) is 2.32. The summed E-state index contributed by atoms with van der Waals surface area (Å²) in [6.07, 6.45) is 0. The van der Waals surface area contributed by atoms with Gasteiger partial charge in [-0.1, -0.05) is 0 Å². The fraction of sp³-hybridized carbons (Fsp3) is 0.154. The van der Waals surface area contributed by atoms with E-state index >= 15 is 0 Å². The fourth-order valence-corrected chi connectivity index (χ4v) is 1.60. The van der Waals surface area contributed by atoms with E-state index in [2.05, 4.69) is 4.74 Å². The van der Waals surface area contributed by atoms with Crippen molar-refractivity contribution < 1.29 is 18.7 Å². The van der Waals surface area contributed by atoms with Crippen LogP contribution in [0, 0.1) is 0 Å². The smallest absolute Gasteiger partial charge is 0.373 e. The standard InChI is InChI=1S/C13H13NO4/c1-16-12-7-8(14)3-4-9(12)10-5-6-11(18-10)13(15)17-2/h3-7H,14H2,1-2H3. The van der Waals surface area contributed by atoms with Crippen LogP contribution >= 0.6 is 0 Å². The van der Waals surface area contributed by atoms with Crippen LogP contribution in [0.25, 0.3) is 11.3 Å². The second kappa shape index (κ2) is 4.83. The summed E-state index contributed by atoms with van der Waals surface area (Å²) in [6.45, 7) is 0. The van der Waals surface area contributed by atoms with Crippen LogP contribution in [0.4, 0.5) is 5.69 Å². The van der Waals surface area contributed by atoms with Gasteiger partial charge in [-0.2, -0.15) is 0 Å². The van der Waals surface area contributed by atoms with Crippen molar-refractivity contribution in [2.45, 2.75) is 0 Å². The van der Waals surface area contributed by atoms with E-state index in [0.717, 1.165) is 5.56 Å². The molecule has 2 N–H and O–H groups in total. The van der Waals surface area contributed by atoms with Gasteiger partial charge in [-0.3, -0.25) is 0 Å². The number of hydrogen-bond donors (Lipinski definition) is 1. The minimum absolute atomic E-state index is 0.145. The van der Waals surface area contributed by atoms with Gasteiger partial charge in [-0.15, -0.1) is 0 Å². The Labute approximate surface area is 104 Å². The zero-order valence-electron chi connectivity index (χ0n) is 10.1. The van der Waals surface area contributed by atoms with E-state index in [4.69, 9.17) is 14.9 Å². The summed E-state index contributed by atoms with van der Waals surface area (Å²) in [7, 11) is 2.84. The molecule has 0 saturated heterocycles. The van der Waals surface area contributed by atoms with Crippen LogP contribution in [0.3, 0.4) is 0 Å². The molecular formula is C13H13NO4. The lowest BCUT2D eigenvalue weighted by molar-refractivity contribution is 0.0566. The molecule has 0 unspecified atom stereocenters. The van der Waals surface area contributed by atoms with E-state index in [1.54, 1.807) is 37.4 Å². The molecule has 0 saturated carbocycles. The summed E-state index contributed by atoms with van der Waals surface area (Å²) in [4.78, 5) is 11.3. The molecule has 2 aromatic rings. The molecule has 0 bridgehead atoms. The normalized spacial score (nSPS) is 10.1. The molecule has 2 rings (SSSR count). The van der Waals surface area contributed by atoms with Crippen molar-refractivity contribution in [1.82, 2.24) is 0 Å². The number of nitrogens with two attached hydrogens (primary N) is 1. The summed E-state index contributed by atoms with van der Waals surface area (Å²) in [6, 6.07) is 8.43. The Morgan fingerprint density at radius 3 is 2.67 bits per heavy atom. The monoisotopic (exact) mass is 247 g/mol. The number of carbonyl (C=O) groups excluding carboxylic acids is 1. The second-order valence-corrected chi connectivity index (χ2v) is 3.62. The van der Waals surface area contributed by atoms with Crippen LogP contribution in [0.1, 0.15) is 10.6 Å². The fourth-order valence-electron chi connectivity index (χ4n) is 1.60. The predicted molar refractivity (Wildman–Crippen MR) is 66.4 cm³/mol. The van der Waals surface area contributed by atoms with Crippen LogP contribution in [-0.4, -0.2) is 20.2 Å². The van der Waals surface area contributed by atoms with Crippen molar-refractivity contribution in [3.8, 4) is 17.1 Å². The third-order valence-corrected chi connectivity index (χ3v) is 2.48. The van der Waals surface area contributed by atoms with E-state index in [1.807, 2.05) is 0 Å². The molecule has 1 heterocycles. The van der Waals surface area contributed by atoms with E-state index < -0.39 is 5.97 Å². The number of furan rings is 1. The Morgan fingerprint density at radius 1 is 1.22 bits per heavy atom. The lowest BCUT2D eigenvalue weighted by Crippen LogP contribution is -1.98. The van der Waals surface area contributed by atoms with Crippen LogP contribution in [0.15, 0.2) is 34.7 Å². The van der Waals surface area contributed by atoms with Gasteiger partial charge in [0.25, 0.3) is 0 Å². The van der Waals surface area contributed by atoms with Gasteiger partial charge in [-0.05, 0) is 24.3 Å². The molecule has 1 aromatic carbocycles. The molecule has 5 heteroatoms. The van der Waals surface area contributed by atoms with Crippen LogP contribution in [0.2, 0.25) is 0 Å². The number of rotatable bonds is 3. The van der Waals surface area contributed by atoms with Crippen LogP contribution in [-0.2, 0) is 4.74 Å². The van der Waals surface area contributed by atoms with E-state index in [1.165, 1.54) is 7.11 Å². The van der Waals surface area contributed by atoms with Crippen molar-refractivity contribution in [3.63, 3.8) is 0 Å². The second-order valence-electron chi connectivity index (χ2n) is 3.62. The summed E-state index contributed by atoms with van der Waals surface area (Å²) in [5, 5.41) is 0.